The van der Waals surface area contributed by atoms with E-state index in [1.54, 1.807) is 6.92 Å². The van der Waals surface area contributed by atoms with Gasteiger partial charge in [0.25, 0.3) is 0 Å². The molecule has 8 heteroatoms. The SMILES string of the molecule is C/C(C(=O)O)=C(\C)c1ccc(OC(F)(F)c2ccc(F)c(F)c2F)cc1. The molecule has 0 aromatic heterocycles. The molecule has 0 saturated carbocycles. The van der Waals surface area contributed by atoms with E-state index in [9.17, 15) is 26.7 Å². The molecule has 0 bridgehead atoms. The number of alkyl halides is 2. The van der Waals surface area contributed by atoms with Crippen LogP contribution in [0.4, 0.5) is 22.0 Å². The number of carbonyl (C=O) groups is 1. The third kappa shape index (κ3) is 3.84. The number of carboxylic acid groups (broad SMARTS) is 1. The topological polar surface area (TPSA) is 46.5 Å². The van der Waals surface area contributed by atoms with E-state index in [0.29, 0.717) is 23.3 Å². The van der Waals surface area contributed by atoms with Gasteiger partial charge in [-0.15, -0.1) is 0 Å². The van der Waals surface area contributed by atoms with Crippen molar-refractivity contribution in [3.05, 3.63) is 70.5 Å². The van der Waals surface area contributed by atoms with E-state index in [1.165, 1.54) is 19.1 Å². The highest BCUT2D eigenvalue weighted by Gasteiger charge is 2.39. The summed E-state index contributed by atoms with van der Waals surface area (Å²) in [5.74, 6) is -7.15. The van der Waals surface area contributed by atoms with Gasteiger partial charge in [0.2, 0.25) is 0 Å². The highest BCUT2D eigenvalue weighted by molar-refractivity contribution is 5.95. The van der Waals surface area contributed by atoms with E-state index < -0.39 is 35.1 Å². The molecule has 0 radical (unpaired) electrons. The first kappa shape index (κ1) is 19.4. The van der Waals surface area contributed by atoms with Crippen molar-refractivity contribution in [2.24, 2.45) is 0 Å². The summed E-state index contributed by atoms with van der Waals surface area (Å²) in [6.45, 7) is 2.94. The van der Waals surface area contributed by atoms with Crippen molar-refractivity contribution in [3.63, 3.8) is 0 Å². The minimum Gasteiger partial charge on any atom is -0.478 e. The summed E-state index contributed by atoms with van der Waals surface area (Å²) in [7, 11) is 0. The molecule has 2 rings (SSSR count). The van der Waals surface area contributed by atoms with Gasteiger partial charge < -0.3 is 9.84 Å². The minimum absolute atomic E-state index is 0.0767. The molecule has 0 fully saturated rings. The largest absolute Gasteiger partial charge is 0.478 e. The molecule has 0 saturated heterocycles. The van der Waals surface area contributed by atoms with Crippen molar-refractivity contribution in [1.82, 2.24) is 0 Å². The highest BCUT2D eigenvalue weighted by atomic mass is 19.3. The third-order valence-electron chi connectivity index (χ3n) is 3.77. The Bertz CT molecular complexity index is 873. The van der Waals surface area contributed by atoms with Gasteiger partial charge in [-0.2, -0.15) is 8.78 Å². The second-order valence-electron chi connectivity index (χ2n) is 5.42. The van der Waals surface area contributed by atoms with Crippen molar-refractivity contribution in [1.29, 1.82) is 0 Å². The Morgan fingerprint density at radius 3 is 2.08 bits per heavy atom. The number of hydrogen-bond acceptors (Lipinski definition) is 2. The number of aliphatic carboxylic acids is 1. The molecule has 0 atom stereocenters. The van der Waals surface area contributed by atoms with Gasteiger partial charge in [-0.1, -0.05) is 12.1 Å². The Morgan fingerprint density at radius 2 is 1.54 bits per heavy atom. The summed E-state index contributed by atoms with van der Waals surface area (Å²) in [5.41, 5.74) is -0.492. The zero-order chi connectivity index (χ0) is 19.6. The van der Waals surface area contributed by atoms with E-state index in [4.69, 9.17) is 5.11 Å². The van der Waals surface area contributed by atoms with Crippen LogP contribution in [-0.2, 0) is 10.9 Å². The average molecular weight is 372 g/mol. The van der Waals surface area contributed by atoms with Crippen molar-refractivity contribution >= 4 is 11.5 Å². The zero-order valence-electron chi connectivity index (χ0n) is 13.6. The molecule has 0 heterocycles. The number of rotatable bonds is 5. The van der Waals surface area contributed by atoms with E-state index in [-0.39, 0.29) is 11.3 Å². The van der Waals surface area contributed by atoms with E-state index in [2.05, 4.69) is 4.74 Å². The molecule has 0 aliphatic heterocycles. The van der Waals surface area contributed by atoms with Crippen LogP contribution in [0.3, 0.4) is 0 Å². The van der Waals surface area contributed by atoms with Crippen LogP contribution in [0.2, 0.25) is 0 Å². The molecule has 0 spiro atoms. The lowest BCUT2D eigenvalue weighted by atomic mass is 10.0. The van der Waals surface area contributed by atoms with Crippen LogP contribution < -0.4 is 4.74 Å². The van der Waals surface area contributed by atoms with Gasteiger partial charge in [-0.05, 0) is 49.2 Å². The maximum absolute atomic E-state index is 14.1. The van der Waals surface area contributed by atoms with Crippen molar-refractivity contribution < 1.29 is 36.6 Å². The first-order valence-corrected chi connectivity index (χ1v) is 7.26. The molecule has 2 aromatic rings. The van der Waals surface area contributed by atoms with Gasteiger partial charge in [-0.25, -0.2) is 18.0 Å². The Morgan fingerprint density at radius 1 is 0.962 bits per heavy atom. The zero-order valence-corrected chi connectivity index (χ0v) is 13.6. The molecule has 0 aliphatic carbocycles. The maximum Gasteiger partial charge on any atom is 0.429 e. The molecule has 3 nitrogen and oxygen atoms in total. The number of allylic oxidation sites excluding steroid dienone is 1. The van der Waals surface area contributed by atoms with E-state index in [0.717, 1.165) is 12.1 Å². The monoisotopic (exact) mass is 372 g/mol. The van der Waals surface area contributed by atoms with Crippen molar-refractivity contribution in [2.45, 2.75) is 20.0 Å². The molecule has 0 amide bonds. The molecule has 1 N–H and O–H groups in total. The second-order valence-corrected chi connectivity index (χ2v) is 5.42. The average Bonchev–Trinajstić information content (AvgIpc) is 2.58. The molecule has 138 valence electrons. The van der Waals surface area contributed by atoms with E-state index >= 15 is 0 Å². The Hall–Kier alpha value is -2.90. The molecular formula is C18H13F5O3. The fourth-order valence-corrected chi connectivity index (χ4v) is 2.10. The summed E-state index contributed by atoms with van der Waals surface area (Å²) in [4.78, 5) is 10.9. The fourth-order valence-electron chi connectivity index (χ4n) is 2.10. The van der Waals surface area contributed by atoms with Crippen LogP contribution >= 0.6 is 0 Å². The molecule has 0 aliphatic rings. The smallest absolute Gasteiger partial charge is 0.429 e. The minimum atomic E-state index is -4.25. The third-order valence-corrected chi connectivity index (χ3v) is 3.77. The quantitative estimate of drug-likeness (QED) is 0.451. The van der Waals surface area contributed by atoms with Gasteiger partial charge in [0.1, 0.15) is 11.3 Å². The summed E-state index contributed by atoms with van der Waals surface area (Å²) in [6, 6.07) is 5.70. The standard InChI is InChI=1S/C18H13F5O3/c1-9(10(2)17(24)25)11-3-5-12(6-4-11)26-18(22,23)13-7-8-14(19)16(21)15(13)20/h3-8H,1-2H3,(H,24,25)/b10-9-. The van der Waals surface area contributed by atoms with Gasteiger partial charge in [0.05, 0.1) is 0 Å². The van der Waals surface area contributed by atoms with E-state index in [1.807, 2.05) is 0 Å². The number of halogens is 5. The number of ether oxygens (including phenoxy) is 1. The summed E-state index contributed by atoms with van der Waals surface area (Å²) in [5, 5.41) is 8.94. The lowest BCUT2D eigenvalue weighted by Gasteiger charge is -2.19. The summed E-state index contributed by atoms with van der Waals surface area (Å²) < 4.78 is 72.1. The lowest BCUT2D eigenvalue weighted by molar-refractivity contribution is -0.187. The first-order valence-electron chi connectivity index (χ1n) is 7.26. The Kier molecular flexibility index (Phi) is 5.34. The number of benzene rings is 2. The second kappa shape index (κ2) is 7.15. The predicted molar refractivity (Wildman–Crippen MR) is 83.2 cm³/mol. The predicted octanol–water partition coefficient (Wildman–Crippen LogP) is 5.11. The number of carboxylic acids is 1. The summed E-state index contributed by atoms with van der Waals surface area (Å²) >= 11 is 0. The van der Waals surface area contributed by atoms with Crippen LogP contribution in [0.5, 0.6) is 5.75 Å². The Balaban J connectivity index is 2.30. The molecule has 2 aromatic carbocycles. The van der Waals surface area contributed by atoms with Crippen LogP contribution in [0.25, 0.3) is 5.57 Å². The Labute approximate surface area is 145 Å². The molecule has 26 heavy (non-hydrogen) atoms. The molecular weight excluding hydrogens is 359 g/mol. The first-order chi connectivity index (χ1) is 12.0. The van der Waals surface area contributed by atoms with Gasteiger partial charge in [0.15, 0.2) is 17.5 Å². The van der Waals surface area contributed by atoms with Gasteiger partial charge in [0, 0.05) is 5.57 Å². The number of hydrogen-bond donors (Lipinski definition) is 1. The van der Waals surface area contributed by atoms with Crippen molar-refractivity contribution in [2.75, 3.05) is 0 Å². The van der Waals surface area contributed by atoms with Crippen LogP contribution in [0.15, 0.2) is 42.0 Å². The molecule has 0 unspecified atom stereocenters. The highest BCUT2D eigenvalue weighted by Crippen LogP contribution is 2.34. The van der Waals surface area contributed by atoms with Crippen molar-refractivity contribution in [3.8, 4) is 5.75 Å². The van der Waals surface area contributed by atoms with Gasteiger partial charge >= 0.3 is 12.1 Å². The van der Waals surface area contributed by atoms with Crippen LogP contribution in [0.1, 0.15) is 25.0 Å². The fraction of sp³-hybridized carbons (Fsp3) is 0.167. The summed E-state index contributed by atoms with van der Waals surface area (Å²) in [6.07, 6.45) is -4.25. The van der Waals surface area contributed by atoms with Crippen LogP contribution in [-0.4, -0.2) is 11.1 Å². The lowest BCUT2D eigenvalue weighted by Crippen LogP contribution is -2.24. The maximum atomic E-state index is 14.1. The van der Waals surface area contributed by atoms with Crippen LogP contribution in [0, 0.1) is 17.5 Å². The van der Waals surface area contributed by atoms with Gasteiger partial charge in [-0.3, -0.25) is 0 Å². The normalized spacial score (nSPS) is 12.6.